The van der Waals surface area contributed by atoms with E-state index < -0.39 is 0 Å². The molecule has 0 aliphatic carbocycles. The van der Waals surface area contributed by atoms with Crippen LogP contribution in [0.2, 0.25) is 0 Å². The number of rotatable bonds is 7. The smallest absolute Gasteiger partial charge is 0.287 e. The summed E-state index contributed by atoms with van der Waals surface area (Å²) >= 11 is 0. The molecular weight excluding hydrogens is 296 g/mol. The highest BCUT2D eigenvalue weighted by molar-refractivity contribution is 5.91. The number of hydrogen-bond donors (Lipinski definition) is 2. The number of benzene rings is 1. The van der Waals surface area contributed by atoms with E-state index >= 15 is 0 Å². The van der Waals surface area contributed by atoms with Crippen LogP contribution in [0.3, 0.4) is 0 Å². The Labute approximate surface area is 134 Å². The second-order valence-corrected chi connectivity index (χ2v) is 4.92. The average Bonchev–Trinajstić information content (AvgIpc) is 3.07. The Kier molecular flexibility index (Phi) is 5.78. The number of ether oxygens (including phenoxy) is 1. The number of nitrogens with zero attached hydrogens (tertiary/aromatic N) is 1. The van der Waals surface area contributed by atoms with E-state index in [1.54, 1.807) is 36.4 Å². The molecule has 1 atom stereocenters. The summed E-state index contributed by atoms with van der Waals surface area (Å²) in [5.74, 6) is 0.710. The minimum atomic E-state index is -0.380. The Morgan fingerprint density at radius 2 is 2.17 bits per heavy atom. The molecule has 0 saturated carbocycles. The maximum Gasteiger partial charge on any atom is 0.287 e. The lowest BCUT2D eigenvalue weighted by atomic mass is 10.2. The first-order valence-corrected chi connectivity index (χ1v) is 7.30. The van der Waals surface area contributed by atoms with Crippen LogP contribution in [-0.4, -0.2) is 23.7 Å². The standard InChI is InChI=1S/C17H18N2O4/c1-2-13(10-20)19-17(21)16-8-7-14(23-16)11-22-15-6-4-3-5-12(15)9-18/h3-8,13,20H,2,10-11H2,1H3,(H,19,21). The molecule has 1 unspecified atom stereocenters. The van der Waals surface area contributed by atoms with E-state index in [1.165, 1.54) is 0 Å². The van der Waals surface area contributed by atoms with Crippen LogP contribution >= 0.6 is 0 Å². The summed E-state index contributed by atoms with van der Waals surface area (Å²) in [5, 5.41) is 20.8. The van der Waals surface area contributed by atoms with Crippen molar-refractivity contribution >= 4 is 5.91 Å². The van der Waals surface area contributed by atoms with Gasteiger partial charge in [-0.05, 0) is 30.7 Å². The van der Waals surface area contributed by atoms with Crippen LogP contribution in [-0.2, 0) is 6.61 Å². The summed E-state index contributed by atoms with van der Waals surface area (Å²) in [6.07, 6.45) is 0.629. The zero-order chi connectivity index (χ0) is 16.7. The molecular formula is C17H18N2O4. The lowest BCUT2D eigenvalue weighted by Crippen LogP contribution is -2.36. The first-order valence-electron chi connectivity index (χ1n) is 7.30. The SMILES string of the molecule is CCC(CO)NC(=O)c1ccc(COc2ccccc2C#N)o1. The van der Waals surface area contributed by atoms with Gasteiger partial charge in [0, 0.05) is 0 Å². The van der Waals surface area contributed by atoms with Crippen LogP contribution in [0.25, 0.3) is 0 Å². The van der Waals surface area contributed by atoms with E-state index in [-0.39, 0.29) is 30.9 Å². The molecule has 0 radical (unpaired) electrons. The lowest BCUT2D eigenvalue weighted by molar-refractivity contribution is 0.0883. The predicted octanol–water partition coefficient (Wildman–Crippen LogP) is 2.23. The second-order valence-electron chi connectivity index (χ2n) is 4.92. The highest BCUT2D eigenvalue weighted by atomic mass is 16.5. The Morgan fingerprint density at radius 3 is 2.87 bits per heavy atom. The fraction of sp³-hybridized carbons (Fsp3) is 0.294. The zero-order valence-corrected chi connectivity index (χ0v) is 12.8. The number of hydrogen-bond acceptors (Lipinski definition) is 5. The third-order valence-corrected chi connectivity index (χ3v) is 3.31. The van der Waals surface area contributed by atoms with Crippen molar-refractivity contribution in [3.8, 4) is 11.8 Å². The largest absolute Gasteiger partial charge is 0.484 e. The Bertz CT molecular complexity index is 699. The molecule has 0 saturated heterocycles. The molecule has 2 aromatic rings. The molecule has 23 heavy (non-hydrogen) atoms. The lowest BCUT2D eigenvalue weighted by Gasteiger charge is -2.12. The topological polar surface area (TPSA) is 95.5 Å². The summed E-state index contributed by atoms with van der Waals surface area (Å²) in [7, 11) is 0. The number of amides is 1. The van der Waals surface area contributed by atoms with Gasteiger partial charge >= 0.3 is 0 Å². The van der Waals surface area contributed by atoms with E-state index in [2.05, 4.69) is 5.32 Å². The fourth-order valence-electron chi connectivity index (χ4n) is 1.94. The molecule has 1 heterocycles. The van der Waals surface area contributed by atoms with E-state index in [4.69, 9.17) is 19.5 Å². The van der Waals surface area contributed by atoms with E-state index in [9.17, 15) is 4.79 Å². The highest BCUT2D eigenvalue weighted by Crippen LogP contribution is 2.19. The normalized spacial score (nSPS) is 11.5. The van der Waals surface area contributed by atoms with Crippen molar-refractivity contribution in [2.75, 3.05) is 6.61 Å². The van der Waals surface area contributed by atoms with Gasteiger partial charge in [-0.2, -0.15) is 5.26 Å². The van der Waals surface area contributed by atoms with Gasteiger partial charge in [0.25, 0.3) is 5.91 Å². The first kappa shape index (κ1) is 16.6. The first-order chi connectivity index (χ1) is 11.2. The highest BCUT2D eigenvalue weighted by Gasteiger charge is 2.15. The third-order valence-electron chi connectivity index (χ3n) is 3.31. The summed E-state index contributed by atoms with van der Waals surface area (Å²) in [6, 6.07) is 11.8. The molecule has 6 heteroatoms. The van der Waals surface area contributed by atoms with Crippen molar-refractivity contribution in [1.82, 2.24) is 5.32 Å². The molecule has 1 amide bonds. The zero-order valence-electron chi connectivity index (χ0n) is 12.8. The van der Waals surface area contributed by atoms with Crippen molar-refractivity contribution in [2.24, 2.45) is 0 Å². The summed E-state index contributed by atoms with van der Waals surface area (Å²) in [6.45, 7) is 1.86. The minimum absolute atomic E-state index is 0.114. The van der Waals surface area contributed by atoms with Crippen molar-refractivity contribution in [1.29, 1.82) is 5.26 Å². The van der Waals surface area contributed by atoms with Crippen molar-refractivity contribution in [2.45, 2.75) is 26.0 Å². The summed E-state index contributed by atoms with van der Waals surface area (Å²) < 4.78 is 11.0. The van der Waals surface area contributed by atoms with Crippen molar-refractivity contribution in [3.63, 3.8) is 0 Å². The van der Waals surface area contributed by atoms with E-state index in [0.717, 1.165) is 0 Å². The van der Waals surface area contributed by atoms with Gasteiger partial charge in [0.05, 0.1) is 18.2 Å². The molecule has 0 spiro atoms. The molecule has 0 bridgehead atoms. The molecule has 6 nitrogen and oxygen atoms in total. The third kappa shape index (κ3) is 4.34. The van der Waals surface area contributed by atoms with Gasteiger partial charge in [-0.3, -0.25) is 4.79 Å². The van der Waals surface area contributed by atoms with E-state index in [1.807, 2.05) is 13.0 Å². The fourth-order valence-corrected chi connectivity index (χ4v) is 1.94. The van der Waals surface area contributed by atoms with Crippen LogP contribution in [0, 0.1) is 11.3 Å². The van der Waals surface area contributed by atoms with Gasteiger partial charge in [0.15, 0.2) is 5.76 Å². The number of carbonyl (C=O) groups is 1. The maximum absolute atomic E-state index is 12.0. The number of nitrogens with one attached hydrogen (secondary N) is 1. The van der Waals surface area contributed by atoms with Crippen LogP contribution in [0.5, 0.6) is 5.75 Å². The van der Waals surface area contributed by atoms with Crippen LogP contribution < -0.4 is 10.1 Å². The number of aliphatic hydroxyl groups excluding tert-OH is 1. The van der Waals surface area contributed by atoms with Crippen LogP contribution in [0.4, 0.5) is 0 Å². The average molecular weight is 314 g/mol. The summed E-state index contributed by atoms with van der Waals surface area (Å²) in [4.78, 5) is 12.0. The summed E-state index contributed by atoms with van der Waals surface area (Å²) in [5.41, 5.74) is 0.436. The molecule has 2 N–H and O–H groups in total. The van der Waals surface area contributed by atoms with Gasteiger partial charge < -0.3 is 19.6 Å². The number of aliphatic hydroxyl groups is 1. The van der Waals surface area contributed by atoms with Crippen LogP contribution in [0.15, 0.2) is 40.8 Å². The van der Waals surface area contributed by atoms with E-state index in [0.29, 0.717) is 23.5 Å². The molecule has 1 aromatic heterocycles. The Balaban J connectivity index is 1.97. The predicted molar refractivity (Wildman–Crippen MR) is 82.8 cm³/mol. The number of furan rings is 1. The molecule has 1 aromatic carbocycles. The number of para-hydroxylation sites is 1. The van der Waals surface area contributed by atoms with Gasteiger partial charge in [-0.25, -0.2) is 0 Å². The van der Waals surface area contributed by atoms with Crippen molar-refractivity contribution in [3.05, 3.63) is 53.5 Å². The van der Waals surface area contributed by atoms with Crippen LogP contribution in [0.1, 0.15) is 35.2 Å². The molecule has 0 fully saturated rings. The van der Waals surface area contributed by atoms with Crippen molar-refractivity contribution < 1.29 is 19.1 Å². The van der Waals surface area contributed by atoms with Gasteiger partial charge in [0.1, 0.15) is 24.2 Å². The quantitative estimate of drug-likeness (QED) is 0.817. The number of carbonyl (C=O) groups excluding carboxylic acids is 1. The molecule has 0 aliphatic heterocycles. The monoisotopic (exact) mass is 314 g/mol. The van der Waals surface area contributed by atoms with Gasteiger partial charge in [0.2, 0.25) is 0 Å². The maximum atomic E-state index is 12.0. The van der Waals surface area contributed by atoms with Gasteiger partial charge in [-0.1, -0.05) is 19.1 Å². The molecule has 120 valence electrons. The minimum Gasteiger partial charge on any atom is -0.484 e. The molecule has 2 rings (SSSR count). The van der Waals surface area contributed by atoms with Gasteiger partial charge in [-0.15, -0.1) is 0 Å². The second kappa shape index (κ2) is 8.01. The number of nitriles is 1. The Morgan fingerprint density at radius 1 is 1.39 bits per heavy atom. The molecule has 0 aliphatic rings. The Hall–Kier alpha value is -2.78.